The molecule has 2 saturated heterocycles. The van der Waals surface area contributed by atoms with Crippen LogP contribution in [0.25, 0.3) is 0 Å². The lowest BCUT2D eigenvalue weighted by Crippen LogP contribution is -2.37. The van der Waals surface area contributed by atoms with E-state index in [1.807, 2.05) is 0 Å². The number of hydrazine groups is 1. The lowest BCUT2D eigenvalue weighted by Gasteiger charge is -2.27. The third-order valence-corrected chi connectivity index (χ3v) is 10.9. The van der Waals surface area contributed by atoms with E-state index in [-0.39, 0.29) is 74.6 Å². The Kier molecular flexibility index (Phi) is 20.5. The van der Waals surface area contributed by atoms with Gasteiger partial charge in [-0.05, 0) is 60.7 Å². The summed E-state index contributed by atoms with van der Waals surface area (Å²) in [6.07, 6.45) is -5.58. The van der Waals surface area contributed by atoms with Gasteiger partial charge in [-0.1, -0.05) is 42.8 Å². The molecule has 2 amide bonds. The van der Waals surface area contributed by atoms with Gasteiger partial charge in [0.15, 0.2) is 29.6 Å². The summed E-state index contributed by atoms with van der Waals surface area (Å²) < 4.78 is 115. The van der Waals surface area contributed by atoms with Gasteiger partial charge in [0, 0.05) is 54.2 Å². The number of halogens is 10. The van der Waals surface area contributed by atoms with Gasteiger partial charge < -0.3 is 40.1 Å². The van der Waals surface area contributed by atoms with Gasteiger partial charge in [-0.25, -0.2) is 30.0 Å². The number of nitrogen functional groups attached to an aromatic ring is 1. The second-order valence-electron chi connectivity index (χ2n) is 15.4. The molecule has 2 aromatic heterocycles. The third kappa shape index (κ3) is 16.0. The SMILES string of the molecule is C.NNc1ncc(F)c(N2CCOCC2)n1.O=C(Nc1cccc(C(F)(F)F)c1)c1cc(Cl)c(O)c(/C=N\Nc2ncc(F)c(N3CCOCC3)n2)c1.O=Cc1cc(C(=O)Nc2cccc(C(F)(F)F)c2)cc(Cl)c1O. The van der Waals surface area contributed by atoms with Crippen LogP contribution in [-0.2, 0) is 21.8 Å². The molecule has 4 aromatic carbocycles. The van der Waals surface area contributed by atoms with Crippen LogP contribution in [-0.4, -0.2) is 107 Å². The topological polar surface area (TPSA) is 255 Å². The molecule has 2 aliphatic rings. The number of alkyl halides is 6. The summed E-state index contributed by atoms with van der Waals surface area (Å²) >= 11 is 11.7. The molecule has 404 valence electrons. The summed E-state index contributed by atoms with van der Waals surface area (Å²) in [5.41, 5.74) is 2.52. The van der Waals surface area contributed by atoms with Crippen molar-refractivity contribution < 1.29 is 69.2 Å². The molecule has 0 aliphatic carbocycles. The molecule has 8 rings (SSSR count). The van der Waals surface area contributed by atoms with Crippen molar-refractivity contribution in [1.29, 1.82) is 0 Å². The number of hydrogen-bond donors (Lipinski definition) is 7. The maximum absolute atomic E-state index is 14.2. The molecule has 2 aliphatic heterocycles. The van der Waals surface area contributed by atoms with Crippen LogP contribution in [0.15, 0.2) is 90.3 Å². The first-order valence-electron chi connectivity index (χ1n) is 21.6. The van der Waals surface area contributed by atoms with Gasteiger partial charge in [0.05, 0.1) is 71.8 Å². The predicted octanol–water partition coefficient (Wildman–Crippen LogP) is 9.03. The summed E-state index contributed by atoms with van der Waals surface area (Å²) in [6.45, 7) is 4.18. The van der Waals surface area contributed by atoms with Gasteiger partial charge >= 0.3 is 12.4 Å². The number of hydrazone groups is 1. The van der Waals surface area contributed by atoms with E-state index in [0.717, 1.165) is 73.2 Å². The quantitative estimate of drug-likeness (QED) is 0.0210. The Labute approximate surface area is 436 Å². The maximum Gasteiger partial charge on any atom is 0.416 e. The van der Waals surface area contributed by atoms with E-state index in [0.29, 0.717) is 58.9 Å². The van der Waals surface area contributed by atoms with Gasteiger partial charge in [0.25, 0.3) is 11.8 Å². The highest BCUT2D eigenvalue weighted by molar-refractivity contribution is 6.33. The number of ether oxygens (including phenoxy) is 2. The number of rotatable bonds is 11. The average Bonchev–Trinajstić information content (AvgIpc) is 3.39. The van der Waals surface area contributed by atoms with Crippen LogP contribution in [0.2, 0.25) is 10.0 Å². The van der Waals surface area contributed by atoms with E-state index in [9.17, 15) is 59.7 Å². The highest BCUT2D eigenvalue weighted by Gasteiger charge is 2.32. The van der Waals surface area contributed by atoms with Gasteiger partial charge in [-0.15, -0.1) is 0 Å². The number of carbonyl (C=O) groups is 3. The standard InChI is InChI=1S/C23H19ClF4N6O3.C15H9ClF3NO3.C8H12FN5O.CH4/c24-17-9-13(21(36)31-16-3-1-2-15(10-16)23(26,27)28)8-14(19(17)35)11-30-33-22-29-12-18(25)20(32-22)34-4-6-37-7-5-34;16-12-5-8(4-9(7-21)13(12)22)14(23)20-11-3-1-2-10(6-11)15(17,18)19;9-6-5-11-8(13-10)12-7(6)14-1-3-15-4-2-14;/h1-3,8-12,35H,4-7H2,(H,31,36)(H,29,32,33);1-7,22H,(H,20,23);5H,1-4,10H2,(H,11,12,13);1H4/b30-11-;;;. The smallest absolute Gasteiger partial charge is 0.416 e. The number of aromatic nitrogens is 4. The molecular weight excluding hydrogens is 1070 g/mol. The maximum atomic E-state index is 14.2. The normalized spacial score (nSPS) is 13.5. The Bertz CT molecular complexity index is 3040. The summed E-state index contributed by atoms with van der Waals surface area (Å²) in [6, 6.07) is 12.8. The lowest BCUT2D eigenvalue weighted by atomic mass is 10.1. The van der Waals surface area contributed by atoms with E-state index in [1.54, 1.807) is 9.80 Å². The minimum Gasteiger partial charge on any atom is -0.506 e. The summed E-state index contributed by atoms with van der Waals surface area (Å²) in [7, 11) is 0. The fraction of sp³-hybridized carbons (Fsp3) is 0.234. The van der Waals surface area contributed by atoms with Crippen molar-refractivity contribution in [3.63, 3.8) is 0 Å². The number of nitrogens with zero attached hydrogens (tertiary/aromatic N) is 7. The van der Waals surface area contributed by atoms with Crippen LogP contribution in [0.3, 0.4) is 0 Å². The Balaban J connectivity index is 0.000000232. The number of aldehydes is 1. The number of anilines is 6. The van der Waals surface area contributed by atoms with Crippen molar-refractivity contribution in [2.45, 2.75) is 19.8 Å². The molecule has 0 spiro atoms. The van der Waals surface area contributed by atoms with E-state index < -0.39 is 58.4 Å². The monoisotopic (exact) mass is 1110 g/mol. The zero-order chi connectivity index (χ0) is 54.5. The van der Waals surface area contributed by atoms with E-state index >= 15 is 0 Å². The number of amides is 2. The second kappa shape index (κ2) is 26.5. The Morgan fingerprint density at radius 2 is 1.09 bits per heavy atom. The van der Waals surface area contributed by atoms with Crippen molar-refractivity contribution in [2.24, 2.45) is 10.9 Å². The van der Waals surface area contributed by atoms with Gasteiger partial charge in [-0.2, -0.15) is 41.4 Å². The molecule has 19 nitrogen and oxygen atoms in total. The fourth-order valence-corrected chi connectivity index (χ4v) is 7.09. The van der Waals surface area contributed by atoms with Crippen LogP contribution < -0.4 is 37.1 Å². The highest BCUT2D eigenvalue weighted by atomic mass is 35.5. The lowest BCUT2D eigenvalue weighted by molar-refractivity contribution is -0.138. The van der Waals surface area contributed by atoms with Crippen molar-refractivity contribution in [2.75, 3.05) is 83.9 Å². The molecule has 6 aromatic rings. The summed E-state index contributed by atoms with van der Waals surface area (Å²) in [5, 5.41) is 27.9. The Morgan fingerprint density at radius 1 is 0.671 bits per heavy atom. The van der Waals surface area contributed by atoms with E-state index in [2.05, 4.69) is 46.5 Å². The van der Waals surface area contributed by atoms with Crippen LogP contribution in [0.4, 0.5) is 70.0 Å². The zero-order valence-corrected chi connectivity index (χ0v) is 39.8. The fourth-order valence-electron chi connectivity index (χ4n) is 6.64. The minimum atomic E-state index is -4.57. The largest absolute Gasteiger partial charge is 0.506 e. The Morgan fingerprint density at radius 3 is 1.53 bits per heavy atom. The first-order chi connectivity index (χ1) is 35.6. The van der Waals surface area contributed by atoms with Crippen LogP contribution in [0, 0.1) is 11.6 Å². The average molecular weight is 1110 g/mol. The number of benzene rings is 4. The number of carbonyl (C=O) groups excluding carboxylic acids is 3. The van der Waals surface area contributed by atoms with Crippen LogP contribution >= 0.6 is 23.2 Å². The van der Waals surface area contributed by atoms with Crippen molar-refractivity contribution in [3.8, 4) is 11.5 Å². The van der Waals surface area contributed by atoms with Gasteiger partial charge in [0.2, 0.25) is 11.9 Å². The molecule has 0 radical (unpaired) electrons. The third-order valence-electron chi connectivity index (χ3n) is 10.3. The number of nitrogens with one attached hydrogen (secondary N) is 4. The van der Waals surface area contributed by atoms with Crippen LogP contribution in [0.1, 0.15) is 55.2 Å². The number of phenolic OH excluding ortho intramolecular Hbond substituents is 2. The molecule has 0 atom stereocenters. The molecule has 0 saturated carbocycles. The summed E-state index contributed by atoms with van der Waals surface area (Å²) in [4.78, 5) is 54.6. The molecule has 0 bridgehead atoms. The molecule has 4 heterocycles. The number of hydrogen-bond acceptors (Lipinski definition) is 17. The first kappa shape index (κ1) is 58.9. The highest BCUT2D eigenvalue weighted by Crippen LogP contribution is 2.34. The number of aromatic hydroxyl groups is 2. The molecular formula is C47H44Cl2F8N12O7. The minimum absolute atomic E-state index is 0. The number of morpholine rings is 2. The number of phenols is 2. The number of nitrogens with two attached hydrogens (primary N) is 1. The van der Waals surface area contributed by atoms with Gasteiger partial charge in [-0.3, -0.25) is 19.8 Å². The molecule has 76 heavy (non-hydrogen) atoms. The zero-order valence-electron chi connectivity index (χ0n) is 38.3. The van der Waals surface area contributed by atoms with E-state index in [1.165, 1.54) is 18.2 Å². The van der Waals surface area contributed by atoms with Crippen molar-refractivity contribution >= 4 is 82.4 Å². The van der Waals surface area contributed by atoms with Crippen LogP contribution in [0.5, 0.6) is 11.5 Å². The molecule has 0 unspecified atom stereocenters. The predicted molar refractivity (Wildman–Crippen MR) is 266 cm³/mol. The van der Waals surface area contributed by atoms with E-state index in [4.69, 9.17) is 38.5 Å². The van der Waals surface area contributed by atoms with Gasteiger partial charge in [0.1, 0.15) is 11.5 Å². The van der Waals surface area contributed by atoms with Crippen molar-refractivity contribution in [1.82, 2.24) is 19.9 Å². The summed E-state index contributed by atoms with van der Waals surface area (Å²) in [5.74, 6) is 2.23. The first-order valence-corrected chi connectivity index (χ1v) is 22.3. The van der Waals surface area contributed by atoms with Crippen molar-refractivity contribution in [3.05, 3.63) is 140 Å². The Hall–Kier alpha value is -7.98. The second-order valence-corrected chi connectivity index (χ2v) is 16.2. The molecule has 2 fully saturated rings. The molecule has 29 heteroatoms. The molecule has 8 N–H and O–H groups in total.